The summed E-state index contributed by atoms with van der Waals surface area (Å²) < 4.78 is 12.5. The van der Waals surface area contributed by atoms with Crippen molar-refractivity contribution in [1.29, 1.82) is 0 Å². The van der Waals surface area contributed by atoms with E-state index in [1.54, 1.807) is 18.2 Å². The summed E-state index contributed by atoms with van der Waals surface area (Å²) in [6.45, 7) is 3.20. The number of ether oxygens (including phenoxy) is 2. The molecule has 0 aliphatic rings. The monoisotopic (exact) mass is 470 g/mol. The minimum Gasteiger partial charge on any atom is -0.490 e. The highest BCUT2D eigenvalue weighted by atomic mass is 79.9. The normalized spacial score (nSPS) is 10.7. The Morgan fingerprint density at radius 2 is 1.96 bits per heavy atom. The van der Waals surface area contributed by atoms with Crippen molar-refractivity contribution in [3.63, 3.8) is 0 Å². The van der Waals surface area contributed by atoms with Crippen LogP contribution in [0.3, 0.4) is 0 Å². The molecule has 0 unspecified atom stereocenters. The Morgan fingerprint density at radius 3 is 2.63 bits per heavy atom. The summed E-state index contributed by atoms with van der Waals surface area (Å²) in [6.07, 6.45) is 1.45. The largest absolute Gasteiger partial charge is 0.490 e. The van der Waals surface area contributed by atoms with Gasteiger partial charge in [-0.25, -0.2) is 10.1 Å². The molecule has 3 rings (SSSR count). The highest BCUT2D eigenvalue weighted by Crippen LogP contribution is 2.38. The summed E-state index contributed by atoms with van der Waals surface area (Å²) in [6, 6.07) is 9.23. The molecule has 0 bridgehead atoms. The molecule has 0 atom stereocenters. The van der Waals surface area contributed by atoms with Crippen LogP contribution in [0.15, 0.2) is 41.1 Å². The average Bonchev–Trinajstić information content (AvgIpc) is 3.15. The topological polar surface area (TPSA) is 72.1 Å². The van der Waals surface area contributed by atoms with Crippen LogP contribution in [-0.2, 0) is 13.2 Å². The minimum atomic E-state index is 0.229. The number of H-pyrrole nitrogens is 1. The summed E-state index contributed by atoms with van der Waals surface area (Å²) in [5, 5.41) is 10.8. The van der Waals surface area contributed by atoms with E-state index in [1.165, 1.54) is 6.33 Å². The Hall–Kier alpha value is -1.96. The first-order valence-corrected chi connectivity index (χ1v) is 9.73. The molecule has 0 saturated carbocycles. The Balaban J connectivity index is 1.79. The first-order chi connectivity index (χ1) is 13.1. The molecule has 0 aliphatic heterocycles. The Morgan fingerprint density at radius 1 is 1.19 bits per heavy atom. The molecule has 0 fully saturated rings. The molecule has 0 saturated heterocycles. The Labute approximate surface area is 175 Å². The quantitative estimate of drug-likeness (QED) is 0.456. The van der Waals surface area contributed by atoms with Crippen LogP contribution in [0.2, 0.25) is 10.0 Å². The van der Waals surface area contributed by atoms with Crippen molar-refractivity contribution < 1.29 is 9.47 Å². The molecule has 2 aromatic carbocycles. The summed E-state index contributed by atoms with van der Waals surface area (Å²) in [5.74, 6) is 1.82. The molecular weight excluding hydrogens is 455 g/mol. The molecular formula is C18H17BrCl2N4O2. The second-order valence-electron chi connectivity index (χ2n) is 5.51. The maximum absolute atomic E-state index is 6.22. The highest BCUT2D eigenvalue weighted by molar-refractivity contribution is 9.10. The summed E-state index contributed by atoms with van der Waals surface area (Å²) >= 11 is 16.0. The maximum atomic E-state index is 6.22. The van der Waals surface area contributed by atoms with Crippen LogP contribution in [-0.4, -0.2) is 21.8 Å². The molecule has 0 radical (unpaired) electrons. The van der Waals surface area contributed by atoms with Crippen molar-refractivity contribution in [3.05, 3.63) is 62.3 Å². The van der Waals surface area contributed by atoms with E-state index < -0.39 is 0 Å². The van der Waals surface area contributed by atoms with E-state index in [0.717, 1.165) is 15.6 Å². The lowest BCUT2D eigenvalue weighted by atomic mass is 10.2. The van der Waals surface area contributed by atoms with Gasteiger partial charge in [0.15, 0.2) is 11.5 Å². The Bertz CT molecular complexity index is 886. The van der Waals surface area contributed by atoms with Gasteiger partial charge in [-0.05, 0) is 52.7 Å². The molecule has 2 N–H and O–H groups in total. The number of anilines is 1. The fourth-order valence-corrected chi connectivity index (χ4v) is 3.53. The molecule has 0 aliphatic carbocycles. The van der Waals surface area contributed by atoms with Crippen molar-refractivity contribution in [2.24, 2.45) is 0 Å². The van der Waals surface area contributed by atoms with Gasteiger partial charge in [-0.3, -0.25) is 0 Å². The number of aromatic amines is 1. The first-order valence-electron chi connectivity index (χ1n) is 8.18. The van der Waals surface area contributed by atoms with Crippen LogP contribution < -0.4 is 14.8 Å². The van der Waals surface area contributed by atoms with Crippen LogP contribution in [0.5, 0.6) is 11.5 Å². The maximum Gasteiger partial charge on any atom is 0.218 e. The zero-order chi connectivity index (χ0) is 19.2. The van der Waals surface area contributed by atoms with E-state index in [2.05, 4.69) is 36.4 Å². The third-order valence-corrected chi connectivity index (χ3v) is 4.96. The van der Waals surface area contributed by atoms with Crippen LogP contribution in [0.4, 0.5) is 5.95 Å². The minimum absolute atomic E-state index is 0.229. The van der Waals surface area contributed by atoms with E-state index in [0.29, 0.717) is 40.6 Å². The van der Waals surface area contributed by atoms with Gasteiger partial charge in [0.2, 0.25) is 5.95 Å². The molecule has 9 heteroatoms. The number of halogens is 3. The molecule has 142 valence electrons. The van der Waals surface area contributed by atoms with Gasteiger partial charge in [0, 0.05) is 22.2 Å². The fraction of sp³-hybridized carbons (Fsp3) is 0.222. The third kappa shape index (κ3) is 5.06. The van der Waals surface area contributed by atoms with Gasteiger partial charge >= 0.3 is 0 Å². The number of benzene rings is 2. The number of aromatic nitrogens is 3. The van der Waals surface area contributed by atoms with Gasteiger partial charge in [-0.1, -0.05) is 29.3 Å². The number of rotatable bonds is 8. The van der Waals surface area contributed by atoms with E-state index in [4.69, 9.17) is 32.7 Å². The van der Waals surface area contributed by atoms with E-state index in [1.807, 2.05) is 19.1 Å². The predicted octanol–water partition coefficient (Wildman–Crippen LogP) is 5.46. The first kappa shape index (κ1) is 19.8. The van der Waals surface area contributed by atoms with Gasteiger partial charge < -0.3 is 14.8 Å². The third-order valence-electron chi connectivity index (χ3n) is 3.67. The average molecular weight is 472 g/mol. The van der Waals surface area contributed by atoms with Crippen molar-refractivity contribution in [3.8, 4) is 11.5 Å². The zero-order valence-corrected chi connectivity index (χ0v) is 17.5. The Kier molecular flexibility index (Phi) is 6.82. The van der Waals surface area contributed by atoms with Gasteiger partial charge in [0.05, 0.1) is 11.1 Å². The lowest BCUT2D eigenvalue weighted by Gasteiger charge is -2.16. The molecule has 0 amide bonds. The smallest absolute Gasteiger partial charge is 0.218 e. The SMILES string of the molecule is CCOc1cc(CNc2ncn[nH]2)cc(Br)c1OCc1c(Cl)cccc1Cl. The predicted molar refractivity (Wildman–Crippen MR) is 110 cm³/mol. The standard InChI is InChI=1S/C18H17BrCl2N4O2/c1-2-26-16-7-11(8-22-18-23-10-24-25-18)6-13(19)17(16)27-9-12-14(20)4-3-5-15(12)21/h3-7,10H,2,8-9H2,1H3,(H2,22,23,24,25). The number of hydrogen-bond donors (Lipinski definition) is 2. The van der Waals surface area contributed by atoms with Gasteiger partial charge in [0.25, 0.3) is 0 Å². The zero-order valence-electron chi connectivity index (χ0n) is 14.4. The fourth-order valence-electron chi connectivity index (χ4n) is 2.42. The lowest BCUT2D eigenvalue weighted by Crippen LogP contribution is -2.05. The second-order valence-corrected chi connectivity index (χ2v) is 7.18. The molecule has 27 heavy (non-hydrogen) atoms. The van der Waals surface area contributed by atoms with E-state index in [-0.39, 0.29) is 6.61 Å². The summed E-state index contributed by atoms with van der Waals surface area (Å²) in [4.78, 5) is 4.04. The van der Waals surface area contributed by atoms with E-state index >= 15 is 0 Å². The van der Waals surface area contributed by atoms with Crippen LogP contribution >= 0.6 is 39.1 Å². The van der Waals surface area contributed by atoms with Gasteiger partial charge in [-0.2, -0.15) is 5.10 Å². The number of nitrogens with zero attached hydrogens (tertiary/aromatic N) is 2. The second kappa shape index (κ2) is 9.30. The molecule has 6 nitrogen and oxygen atoms in total. The van der Waals surface area contributed by atoms with E-state index in [9.17, 15) is 0 Å². The highest BCUT2D eigenvalue weighted by Gasteiger charge is 2.15. The summed E-state index contributed by atoms with van der Waals surface area (Å²) in [7, 11) is 0. The summed E-state index contributed by atoms with van der Waals surface area (Å²) in [5.41, 5.74) is 1.72. The molecule has 3 aromatic rings. The molecule has 0 spiro atoms. The van der Waals surface area contributed by atoms with Crippen LogP contribution in [0.25, 0.3) is 0 Å². The number of nitrogens with one attached hydrogen (secondary N) is 2. The van der Waals surface area contributed by atoms with Gasteiger partial charge in [0.1, 0.15) is 12.9 Å². The van der Waals surface area contributed by atoms with Crippen molar-refractivity contribution >= 4 is 45.1 Å². The van der Waals surface area contributed by atoms with Crippen LogP contribution in [0.1, 0.15) is 18.1 Å². The molecule has 1 aromatic heterocycles. The lowest BCUT2D eigenvalue weighted by molar-refractivity contribution is 0.267. The van der Waals surface area contributed by atoms with Crippen LogP contribution in [0, 0.1) is 0 Å². The van der Waals surface area contributed by atoms with Crippen molar-refractivity contribution in [2.75, 3.05) is 11.9 Å². The number of hydrogen-bond acceptors (Lipinski definition) is 5. The van der Waals surface area contributed by atoms with Crippen molar-refractivity contribution in [2.45, 2.75) is 20.1 Å². The van der Waals surface area contributed by atoms with Crippen molar-refractivity contribution in [1.82, 2.24) is 15.2 Å². The molecule has 1 heterocycles. The van der Waals surface area contributed by atoms with Gasteiger partial charge in [-0.15, -0.1) is 0 Å².